The molecule has 0 radical (unpaired) electrons. The van der Waals surface area contributed by atoms with E-state index in [1.165, 1.54) is 11.0 Å². The van der Waals surface area contributed by atoms with E-state index in [4.69, 9.17) is 11.6 Å². The maximum absolute atomic E-state index is 12.9. The van der Waals surface area contributed by atoms with Crippen LogP contribution in [0.3, 0.4) is 0 Å². The normalized spacial score (nSPS) is 14.9. The zero-order chi connectivity index (χ0) is 22.3. The first kappa shape index (κ1) is 22.3. The van der Waals surface area contributed by atoms with Crippen molar-refractivity contribution in [2.24, 2.45) is 0 Å². The fourth-order valence-corrected chi connectivity index (χ4v) is 4.91. The van der Waals surface area contributed by atoms with Crippen molar-refractivity contribution >= 4 is 35.2 Å². The summed E-state index contributed by atoms with van der Waals surface area (Å²) in [4.78, 5) is 28.9. The molecule has 2 heterocycles. The number of carbonyl (C=O) groups is 2. The fraction of sp³-hybridized carbons (Fsp3) is 0.318. The van der Waals surface area contributed by atoms with E-state index in [9.17, 15) is 9.59 Å². The van der Waals surface area contributed by atoms with Crippen LogP contribution < -0.4 is 0 Å². The number of hydrogen-bond donors (Lipinski definition) is 0. The van der Waals surface area contributed by atoms with Gasteiger partial charge in [0.25, 0.3) is 0 Å². The zero-order valence-electron chi connectivity index (χ0n) is 17.4. The van der Waals surface area contributed by atoms with Crippen LogP contribution in [0.2, 0.25) is 5.02 Å². The summed E-state index contributed by atoms with van der Waals surface area (Å²) in [6.45, 7) is 2.18. The minimum Gasteiger partial charge on any atom is -0.338 e. The predicted molar refractivity (Wildman–Crippen MR) is 123 cm³/mol. The molecule has 0 spiro atoms. The van der Waals surface area contributed by atoms with Crippen LogP contribution in [0.4, 0.5) is 0 Å². The van der Waals surface area contributed by atoms with Crippen LogP contribution in [0.1, 0.15) is 16.4 Å². The number of thioether (sulfide) groups is 1. The fourth-order valence-electron chi connectivity index (χ4n) is 3.59. The van der Waals surface area contributed by atoms with Crippen molar-refractivity contribution in [2.45, 2.75) is 11.8 Å². The second kappa shape index (κ2) is 10.6. The average Bonchev–Trinajstić information content (AvgIpc) is 3.34. The van der Waals surface area contributed by atoms with Gasteiger partial charge < -0.3 is 9.80 Å². The highest BCUT2D eigenvalue weighted by Crippen LogP contribution is 2.36. The van der Waals surface area contributed by atoms with Gasteiger partial charge >= 0.3 is 0 Å². The monoisotopic (exact) mass is 470 g/mol. The van der Waals surface area contributed by atoms with Gasteiger partial charge in [-0.2, -0.15) is 0 Å². The molecule has 1 unspecified atom stereocenters. The standard InChI is InChI=1S/C22H23ClN6O2S/c23-19-8-6-18(7-9-19)22(17-4-2-1-3-5-17)32-15-21(31)28-12-10-27(11-13-28)20(30)14-29-16-24-25-26-29/h1-9,16,22H,10-15H2. The molecule has 8 nitrogen and oxygen atoms in total. The number of nitrogens with zero attached hydrogens (tertiary/aromatic N) is 6. The Hall–Kier alpha value is -2.91. The van der Waals surface area contributed by atoms with E-state index in [1.54, 1.807) is 16.7 Å². The highest BCUT2D eigenvalue weighted by Gasteiger charge is 2.25. The van der Waals surface area contributed by atoms with Crippen LogP contribution in [0.5, 0.6) is 0 Å². The number of hydrogen-bond acceptors (Lipinski definition) is 6. The molecule has 1 aromatic heterocycles. The van der Waals surface area contributed by atoms with Gasteiger partial charge in [-0.25, -0.2) is 4.68 Å². The molecule has 0 N–H and O–H groups in total. The van der Waals surface area contributed by atoms with Gasteiger partial charge in [-0.15, -0.1) is 16.9 Å². The Bertz CT molecular complexity index is 1020. The molecule has 0 saturated carbocycles. The largest absolute Gasteiger partial charge is 0.338 e. The van der Waals surface area contributed by atoms with E-state index in [2.05, 4.69) is 27.7 Å². The van der Waals surface area contributed by atoms with Gasteiger partial charge in [-0.3, -0.25) is 9.59 Å². The minimum absolute atomic E-state index is 0.0385. The number of rotatable bonds is 7. The second-order valence-corrected chi connectivity index (χ2v) is 8.95. The summed E-state index contributed by atoms with van der Waals surface area (Å²) in [6.07, 6.45) is 1.42. The quantitative estimate of drug-likeness (QED) is 0.527. The first-order valence-corrected chi connectivity index (χ1v) is 11.7. The lowest BCUT2D eigenvalue weighted by molar-refractivity contribution is -0.138. The topological polar surface area (TPSA) is 84.2 Å². The highest BCUT2D eigenvalue weighted by atomic mass is 35.5. The summed E-state index contributed by atoms with van der Waals surface area (Å²) in [5, 5.41) is 11.5. The van der Waals surface area contributed by atoms with Crippen molar-refractivity contribution in [3.8, 4) is 0 Å². The van der Waals surface area contributed by atoms with Crippen molar-refractivity contribution in [3.63, 3.8) is 0 Å². The highest BCUT2D eigenvalue weighted by molar-refractivity contribution is 8.00. The summed E-state index contributed by atoms with van der Waals surface area (Å²) in [6, 6.07) is 17.9. The van der Waals surface area contributed by atoms with Crippen molar-refractivity contribution in [3.05, 3.63) is 77.1 Å². The van der Waals surface area contributed by atoms with Gasteiger partial charge in [-0.05, 0) is 33.7 Å². The Labute approximate surface area is 195 Å². The first-order chi connectivity index (χ1) is 15.6. The van der Waals surface area contributed by atoms with Crippen molar-refractivity contribution < 1.29 is 9.59 Å². The Morgan fingerprint density at radius 1 is 0.906 bits per heavy atom. The molecular formula is C22H23ClN6O2S. The molecule has 0 bridgehead atoms. The van der Waals surface area contributed by atoms with Gasteiger partial charge in [0.15, 0.2) is 0 Å². The van der Waals surface area contributed by atoms with Crippen LogP contribution in [-0.2, 0) is 16.1 Å². The number of benzene rings is 2. The Morgan fingerprint density at radius 2 is 1.53 bits per heavy atom. The molecular weight excluding hydrogens is 448 g/mol. The van der Waals surface area contributed by atoms with Crippen molar-refractivity contribution in [1.82, 2.24) is 30.0 Å². The summed E-state index contributed by atoms with van der Waals surface area (Å²) < 4.78 is 1.40. The van der Waals surface area contributed by atoms with Crippen LogP contribution in [0, 0.1) is 0 Å². The first-order valence-electron chi connectivity index (χ1n) is 10.3. The van der Waals surface area contributed by atoms with Crippen LogP contribution in [0.25, 0.3) is 0 Å². The number of carbonyl (C=O) groups excluding carboxylic acids is 2. The van der Waals surface area contributed by atoms with Crippen LogP contribution >= 0.6 is 23.4 Å². The zero-order valence-corrected chi connectivity index (χ0v) is 19.0. The van der Waals surface area contributed by atoms with Gasteiger partial charge in [0.05, 0.1) is 11.0 Å². The van der Waals surface area contributed by atoms with E-state index >= 15 is 0 Å². The van der Waals surface area contributed by atoms with Crippen molar-refractivity contribution in [2.75, 3.05) is 31.9 Å². The van der Waals surface area contributed by atoms with Gasteiger partial charge in [0.2, 0.25) is 11.8 Å². The third-order valence-electron chi connectivity index (χ3n) is 5.32. The van der Waals surface area contributed by atoms with Gasteiger partial charge in [0, 0.05) is 31.2 Å². The number of amides is 2. The maximum Gasteiger partial charge on any atom is 0.244 e. The summed E-state index contributed by atoms with van der Waals surface area (Å²) >= 11 is 7.66. The maximum atomic E-state index is 12.9. The Morgan fingerprint density at radius 3 is 2.16 bits per heavy atom. The molecule has 2 amide bonds. The number of tetrazole rings is 1. The van der Waals surface area contributed by atoms with Crippen LogP contribution in [0.15, 0.2) is 60.9 Å². The third-order valence-corrected chi connectivity index (χ3v) is 6.87. The molecule has 0 aliphatic carbocycles. The van der Waals surface area contributed by atoms with E-state index in [-0.39, 0.29) is 23.6 Å². The molecule has 3 aromatic rings. The molecule has 10 heteroatoms. The third kappa shape index (κ3) is 5.66. The number of halogens is 1. The average molecular weight is 471 g/mol. The molecule has 1 aliphatic heterocycles. The summed E-state index contributed by atoms with van der Waals surface area (Å²) in [5.74, 6) is 0.393. The number of piperazine rings is 1. The lowest BCUT2D eigenvalue weighted by Gasteiger charge is -2.35. The minimum atomic E-state index is -0.0503. The van der Waals surface area contributed by atoms with Crippen molar-refractivity contribution in [1.29, 1.82) is 0 Å². The summed E-state index contributed by atoms with van der Waals surface area (Å²) in [7, 11) is 0. The van der Waals surface area contributed by atoms with E-state index in [0.29, 0.717) is 37.0 Å². The van der Waals surface area contributed by atoms with Gasteiger partial charge in [0.1, 0.15) is 12.9 Å². The molecule has 166 valence electrons. The Balaban J connectivity index is 1.32. The molecule has 2 aromatic carbocycles. The van der Waals surface area contributed by atoms with E-state index < -0.39 is 0 Å². The van der Waals surface area contributed by atoms with Crippen LogP contribution in [-0.4, -0.2) is 73.8 Å². The van der Waals surface area contributed by atoms with Gasteiger partial charge in [-0.1, -0.05) is 54.1 Å². The molecule has 1 fully saturated rings. The molecule has 1 aliphatic rings. The lowest BCUT2D eigenvalue weighted by atomic mass is 10.0. The SMILES string of the molecule is O=C(CSC(c1ccccc1)c1ccc(Cl)cc1)N1CCN(C(=O)Cn2cnnn2)CC1. The smallest absolute Gasteiger partial charge is 0.244 e. The lowest BCUT2D eigenvalue weighted by Crippen LogP contribution is -2.51. The molecule has 1 atom stereocenters. The van der Waals surface area contributed by atoms with E-state index in [0.717, 1.165) is 11.1 Å². The molecule has 4 rings (SSSR count). The second-order valence-electron chi connectivity index (χ2n) is 7.42. The predicted octanol–water partition coefficient (Wildman–Crippen LogP) is 2.52. The molecule has 32 heavy (non-hydrogen) atoms. The Kier molecular flexibility index (Phi) is 7.39. The van der Waals surface area contributed by atoms with E-state index in [1.807, 2.05) is 47.4 Å². The summed E-state index contributed by atoms with van der Waals surface area (Å²) in [5.41, 5.74) is 2.25. The number of aromatic nitrogens is 4. The molecule has 1 saturated heterocycles.